The molecular formula is C12H14BrClN2OS. The highest BCUT2D eigenvalue weighted by Gasteiger charge is 2.19. The highest BCUT2D eigenvalue weighted by atomic mass is 79.9. The van der Waals surface area contributed by atoms with Crippen LogP contribution in [0.5, 0.6) is 0 Å². The molecule has 2 aromatic rings. The first-order chi connectivity index (χ1) is 8.61. The number of nitrogens with two attached hydrogens (primary N) is 1. The van der Waals surface area contributed by atoms with Crippen LogP contribution in [0.4, 0.5) is 0 Å². The van der Waals surface area contributed by atoms with E-state index in [4.69, 9.17) is 21.8 Å². The summed E-state index contributed by atoms with van der Waals surface area (Å²) < 4.78 is 6.77. The Bertz CT molecular complexity index is 481. The van der Waals surface area contributed by atoms with E-state index in [1.165, 1.54) is 4.88 Å². The summed E-state index contributed by atoms with van der Waals surface area (Å²) in [5.41, 5.74) is 7.01. The van der Waals surface area contributed by atoms with E-state index in [-0.39, 0.29) is 6.04 Å². The van der Waals surface area contributed by atoms with E-state index in [2.05, 4.69) is 20.8 Å². The maximum Gasteiger partial charge on any atom is 0.107 e. The summed E-state index contributed by atoms with van der Waals surface area (Å²) in [6.45, 7) is 1.35. The average Bonchev–Trinajstić information content (AvgIpc) is 2.92. The molecule has 0 bridgehead atoms. The smallest absolute Gasteiger partial charge is 0.107 e. The quantitative estimate of drug-likeness (QED) is 0.890. The Labute approximate surface area is 124 Å². The van der Waals surface area contributed by atoms with Gasteiger partial charge in [-0.3, -0.25) is 4.90 Å². The molecule has 2 rings (SSSR count). The Morgan fingerprint density at radius 1 is 1.61 bits per heavy atom. The molecule has 0 saturated carbocycles. The predicted octanol–water partition coefficient (Wildman–Crippen LogP) is 3.89. The second-order valence-corrected chi connectivity index (χ2v) is 6.61. The third-order valence-corrected chi connectivity index (χ3v) is 5.34. The standard InChI is InChI=1S/C12H14BrClN2OS/c1-16(6-8-2-3-17-7-8)10(5-15)11-4-9(13)12(14)18-11/h2-4,7,10H,5-6,15H2,1H3. The van der Waals surface area contributed by atoms with Crippen molar-refractivity contribution in [1.82, 2.24) is 4.90 Å². The molecule has 0 spiro atoms. The SMILES string of the molecule is CN(Cc1ccoc1)C(CN)c1cc(Br)c(Cl)s1. The van der Waals surface area contributed by atoms with E-state index >= 15 is 0 Å². The van der Waals surface area contributed by atoms with E-state index < -0.39 is 0 Å². The lowest BCUT2D eigenvalue weighted by Crippen LogP contribution is -2.29. The zero-order valence-corrected chi connectivity index (χ0v) is 13.1. The first kappa shape index (κ1) is 14.1. The minimum Gasteiger partial charge on any atom is -0.472 e. The van der Waals surface area contributed by atoms with Crippen LogP contribution in [0, 0.1) is 0 Å². The van der Waals surface area contributed by atoms with Gasteiger partial charge in [-0.15, -0.1) is 11.3 Å². The van der Waals surface area contributed by atoms with Gasteiger partial charge in [0.2, 0.25) is 0 Å². The van der Waals surface area contributed by atoms with E-state index in [0.29, 0.717) is 6.54 Å². The number of nitrogens with zero attached hydrogens (tertiary/aromatic N) is 1. The van der Waals surface area contributed by atoms with Gasteiger partial charge in [-0.2, -0.15) is 0 Å². The third kappa shape index (κ3) is 3.16. The van der Waals surface area contributed by atoms with Crippen molar-refractivity contribution >= 4 is 38.9 Å². The molecule has 0 aliphatic rings. The van der Waals surface area contributed by atoms with Crippen molar-refractivity contribution in [3.63, 3.8) is 0 Å². The van der Waals surface area contributed by atoms with Crippen molar-refractivity contribution in [2.45, 2.75) is 12.6 Å². The van der Waals surface area contributed by atoms with Gasteiger partial charge in [0, 0.05) is 28.0 Å². The van der Waals surface area contributed by atoms with Gasteiger partial charge in [-0.05, 0) is 35.1 Å². The highest BCUT2D eigenvalue weighted by molar-refractivity contribution is 9.10. The molecule has 6 heteroatoms. The van der Waals surface area contributed by atoms with Crippen LogP contribution in [0.25, 0.3) is 0 Å². The molecule has 0 aromatic carbocycles. The Kier molecular flexibility index (Phi) is 4.86. The van der Waals surface area contributed by atoms with Crippen LogP contribution >= 0.6 is 38.9 Å². The molecule has 0 fully saturated rings. The van der Waals surface area contributed by atoms with Crippen LogP contribution in [0.3, 0.4) is 0 Å². The summed E-state index contributed by atoms with van der Waals surface area (Å²) in [7, 11) is 2.05. The van der Waals surface area contributed by atoms with Crippen molar-refractivity contribution in [1.29, 1.82) is 0 Å². The molecule has 0 saturated heterocycles. The van der Waals surface area contributed by atoms with Crippen molar-refractivity contribution in [2.75, 3.05) is 13.6 Å². The van der Waals surface area contributed by atoms with Crippen LogP contribution in [0.1, 0.15) is 16.5 Å². The Hall–Kier alpha value is -0.330. The predicted molar refractivity (Wildman–Crippen MR) is 79.0 cm³/mol. The van der Waals surface area contributed by atoms with Gasteiger partial charge in [0.15, 0.2) is 0 Å². The summed E-state index contributed by atoms with van der Waals surface area (Å²) in [6.07, 6.45) is 3.43. The average molecular weight is 350 g/mol. The molecule has 0 aliphatic heterocycles. The Morgan fingerprint density at radius 3 is 2.89 bits per heavy atom. The number of hydrogen-bond donors (Lipinski definition) is 1. The maximum absolute atomic E-state index is 6.08. The van der Waals surface area contributed by atoms with E-state index in [1.807, 2.05) is 19.2 Å². The molecule has 3 nitrogen and oxygen atoms in total. The third-order valence-electron chi connectivity index (χ3n) is 2.76. The van der Waals surface area contributed by atoms with E-state index in [1.54, 1.807) is 23.9 Å². The van der Waals surface area contributed by atoms with Crippen LogP contribution in [0.2, 0.25) is 4.34 Å². The number of hydrogen-bond acceptors (Lipinski definition) is 4. The lowest BCUT2D eigenvalue weighted by molar-refractivity contribution is 0.244. The largest absolute Gasteiger partial charge is 0.472 e. The molecular weight excluding hydrogens is 336 g/mol. The molecule has 0 amide bonds. The fourth-order valence-corrected chi connectivity index (χ4v) is 3.74. The monoisotopic (exact) mass is 348 g/mol. The van der Waals surface area contributed by atoms with Crippen LogP contribution < -0.4 is 5.73 Å². The topological polar surface area (TPSA) is 42.4 Å². The van der Waals surface area contributed by atoms with Gasteiger partial charge in [0.05, 0.1) is 18.6 Å². The summed E-state index contributed by atoms with van der Waals surface area (Å²) in [4.78, 5) is 3.36. The molecule has 0 radical (unpaired) electrons. The van der Waals surface area contributed by atoms with Crippen molar-refractivity contribution in [2.24, 2.45) is 5.73 Å². The van der Waals surface area contributed by atoms with Crippen molar-refractivity contribution in [3.05, 3.63) is 43.9 Å². The molecule has 0 aliphatic carbocycles. The van der Waals surface area contributed by atoms with Crippen LogP contribution in [-0.2, 0) is 6.54 Å². The number of halogens is 2. The fraction of sp³-hybridized carbons (Fsp3) is 0.333. The first-order valence-corrected chi connectivity index (χ1v) is 7.46. The summed E-state index contributed by atoms with van der Waals surface area (Å²) in [5.74, 6) is 0. The van der Waals surface area contributed by atoms with Crippen molar-refractivity contribution < 1.29 is 4.42 Å². The zero-order valence-electron chi connectivity index (χ0n) is 9.90. The second kappa shape index (κ2) is 6.21. The fourth-order valence-electron chi connectivity index (χ4n) is 1.82. The maximum atomic E-state index is 6.08. The Balaban J connectivity index is 2.12. The minimum atomic E-state index is 0.161. The molecule has 2 heterocycles. The van der Waals surface area contributed by atoms with Gasteiger partial charge in [0.1, 0.15) is 4.34 Å². The van der Waals surface area contributed by atoms with Crippen molar-refractivity contribution in [3.8, 4) is 0 Å². The van der Waals surface area contributed by atoms with Gasteiger partial charge >= 0.3 is 0 Å². The van der Waals surface area contributed by atoms with Gasteiger partial charge < -0.3 is 10.2 Å². The molecule has 2 aromatic heterocycles. The number of rotatable bonds is 5. The highest BCUT2D eigenvalue weighted by Crippen LogP contribution is 2.36. The van der Waals surface area contributed by atoms with Crippen LogP contribution in [0.15, 0.2) is 33.5 Å². The molecule has 1 unspecified atom stereocenters. The van der Waals surface area contributed by atoms with E-state index in [9.17, 15) is 0 Å². The van der Waals surface area contributed by atoms with Crippen LogP contribution in [-0.4, -0.2) is 18.5 Å². The van der Waals surface area contributed by atoms with Gasteiger partial charge in [-0.1, -0.05) is 11.6 Å². The molecule has 18 heavy (non-hydrogen) atoms. The minimum absolute atomic E-state index is 0.161. The van der Waals surface area contributed by atoms with E-state index in [0.717, 1.165) is 20.9 Å². The van der Waals surface area contributed by atoms with Gasteiger partial charge in [0.25, 0.3) is 0 Å². The number of thiophene rings is 1. The molecule has 98 valence electrons. The lowest BCUT2D eigenvalue weighted by Gasteiger charge is -2.25. The second-order valence-electron chi connectivity index (χ2n) is 4.07. The molecule has 1 atom stereocenters. The summed E-state index contributed by atoms with van der Waals surface area (Å²) in [6, 6.07) is 4.16. The lowest BCUT2D eigenvalue weighted by atomic mass is 10.2. The zero-order chi connectivity index (χ0) is 13.1. The molecule has 2 N–H and O–H groups in total. The summed E-state index contributed by atoms with van der Waals surface area (Å²) >= 11 is 11.1. The number of likely N-dealkylation sites (N-methyl/N-ethyl adjacent to an activating group) is 1. The normalized spacial score (nSPS) is 13.2. The summed E-state index contributed by atoms with van der Waals surface area (Å²) in [5, 5.41) is 0. The van der Waals surface area contributed by atoms with Gasteiger partial charge in [-0.25, -0.2) is 0 Å². The first-order valence-electron chi connectivity index (χ1n) is 5.48. The Morgan fingerprint density at radius 2 is 2.39 bits per heavy atom. The number of furan rings is 1.